The zero-order valence-corrected chi connectivity index (χ0v) is 13.3. The molecule has 4 nitrogen and oxygen atoms in total. The molecule has 1 N–H and O–H groups in total. The summed E-state index contributed by atoms with van der Waals surface area (Å²) in [6, 6.07) is 0. The molecule has 0 radical (unpaired) electrons. The van der Waals surface area contributed by atoms with Gasteiger partial charge in [0.1, 0.15) is 11.1 Å². The molecule has 1 aromatic heterocycles. The van der Waals surface area contributed by atoms with Gasteiger partial charge in [0, 0.05) is 30.4 Å². The summed E-state index contributed by atoms with van der Waals surface area (Å²) in [6.07, 6.45) is 3.99. The van der Waals surface area contributed by atoms with Crippen LogP contribution in [0.5, 0.6) is 0 Å². The minimum atomic E-state index is 0.177. The average Bonchev–Trinajstić information content (AvgIpc) is 3.20. The van der Waals surface area contributed by atoms with E-state index in [2.05, 4.69) is 24.2 Å². The molecule has 1 saturated carbocycles. The molecule has 112 valence electrons. The minimum absolute atomic E-state index is 0.177. The van der Waals surface area contributed by atoms with Crippen molar-refractivity contribution < 1.29 is 4.74 Å². The second kappa shape index (κ2) is 6.52. The van der Waals surface area contributed by atoms with Crippen LogP contribution >= 0.6 is 11.3 Å². The highest BCUT2D eigenvalue weighted by Gasteiger charge is 2.31. The summed E-state index contributed by atoms with van der Waals surface area (Å²) >= 11 is 1.86. The Morgan fingerprint density at radius 1 is 1.45 bits per heavy atom. The molecule has 0 spiro atoms. The van der Waals surface area contributed by atoms with Gasteiger partial charge in [0.15, 0.2) is 0 Å². The maximum absolute atomic E-state index is 5.91. The zero-order chi connectivity index (χ0) is 13.9. The van der Waals surface area contributed by atoms with E-state index in [0.717, 1.165) is 38.7 Å². The number of thiazole rings is 1. The summed E-state index contributed by atoms with van der Waals surface area (Å²) in [7, 11) is 2.16. The molecule has 1 unspecified atom stereocenters. The Kier molecular flexibility index (Phi) is 4.71. The lowest BCUT2D eigenvalue weighted by Gasteiger charge is -2.28. The zero-order valence-electron chi connectivity index (χ0n) is 12.5. The first-order valence-corrected chi connectivity index (χ1v) is 8.60. The van der Waals surface area contributed by atoms with Crippen molar-refractivity contribution in [2.45, 2.75) is 44.8 Å². The monoisotopic (exact) mass is 295 g/mol. The Morgan fingerprint density at radius 2 is 2.30 bits per heavy atom. The smallest absolute Gasteiger partial charge is 0.123 e. The number of rotatable bonds is 6. The van der Waals surface area contributed by atoms with Gasteiger partial charge in [-0.3, -0.25) is 0 Å². The van der Waals surface area contributed by atoms with Crippen LogP contribution in [0.15, 0.2) is 0 Å². The van der Waals surface area contributed by atoms with Crippen molar-refractivity contribution in [2.75, 3.05) is 33.3 Å². The van der Waals surface area contributed by atoms with Gasteiger partial charge in [0.2, 0.25) is 0 Å². The van der Waals surface area contributed by atoms with Gasteiger partial charge in [-0.2, -0.15) is 0 Å². The van der Waals surface area contributed by atoms with E-state index >= 15 is 0 Å². The van der Waals surface area contributed by atoms with E-state index in [-0.39, 0.29) is 6.10 Å². The fourth-order valence-electron chi connectivity index (χ4n) is 2.63. The van der Waals surface area contributed by atoms with Crippen LogP contribution in [0.2, 0.25) is 0 Å². The molecule has 3 rings (SSSR count). The van der Waals surface area contributed by atoms with Crippen molar-refractivity contribution in [2.24, 2.45) is 0 Å². The van der Waals surface area contributed by atoms with E-state index in [0.29, 0.717) is 0 Å². The van der Waals surface area contributed by atoms with Crippen LogP contribution in [0.1, 0.15) is 53.8 Å². The van der Waals surface area contributed by atoms with E-state index < -0.39 is 0 Å². The lowest BCUT2D eigenvalue weighted by molar-refractivity contribution is -0.0210. The van der Waals surface area contributed by atoms with Crippen molar-refractivity contribution in [1.82, 2.24) is 15.2 Å². The summed E-state index contributed by atoms with van der Waals surface area (Å²) < 4.78 is 5.91. The first-order chi connectivity index (χ1) is 9.78. The van der Waals surface area contributed by atoms with Gasteiger partial charge in [-0.25, -0.2) is 4.98 Å². The number of morpholine rings is 1. The highest BCUT2D eigenvalue weighted by atomic mass is 32.1. The number of ether oxygens (including phenoxy) is 1. The summed E-state index contributed by atoms with van der Waals surface area (Å²) in [5.41, 5.74) is 1.35. The normalized spacial score (nSPS) is 24.2. The highest BCUT2D eigenvalue weighted by Crippen LogP contribution is 2.43. The SMILES string of the molecule is CCCNCc1sc(C2CN(C)CCO2)nc1C1CC1. The molecule has 1 aromatic rings. The number of nitrogens with one attached hydrogen (secondary N) is 1. The van der Waals surface area contributed by atoms with Gasteiger partial charge in [-0.05, 0) is 32.9 Å². The molecule has 2 fully saturated rings. The van der Waals surface area contributed by atoms with Gasteiger partial charge < -0.3 is 15.0 Å². The Labute approximate surface area is 125 Å². The predicted octanol–water partition coefficient (Wildman–Crippen LogP) is 2.52. The van der Waals surface area contributed by atoms with Crippen LogP contribution < -0.4 is 5.32 Å². The molecular formula is C15H25N3OS. The van der Waals surface area contributed by atoms with Crippen LogP contribution in [-0.2, 0) is 11.3 Å². The van der Waals surface area contributed by atoms with Crippen LogP contribution in [0.3, 0.4) is 0 Å². The maximum atomic E-state index is 5.91. The second-order valence-electron chi connectivity index (χ2n) is 5.93. The Morgan fingerprint density at radius 3 is 3.00 bits per heavy atom. The molecule has 1 saturated heterocycles. The molecule has 1 aliphatic heterocycles. The lowest BCUT2D eigenvalue weighted by Crippen LogP contribution is -2.35. The van der Waals surface area contributed by atoms with Crippen molar-refractivity contribution >= 4 is 11.3 Å². The molecule has 2 heterocycles. The van der Waals surface area contributed by atoms with E-state index in [1.807, 2.05) is 11.3 Å². The number of hydrogen-bond donors (Lipinski definition) is 1. The van der Waals surface area contributed by atoms with Crippen LogP contribution in [0.25, 0.3) is 0 Å². The fourth-order valence-corrected chi connectivity index (χ4v) is 3.79. The molecule has 5 heteroatoms. The first kappa shape index (κ1) is 14.4. The Hall–Kier alpha value is -0.490. The lowest BCUT2D eigenvalue weighted by atomic mass is 10.2. The molecule has 0 amide bonds. The molecule has 2 aliphatic rings. The quantitative estimate of drug-likeness (QED) is 0.818. The maximum Gasteiger partial charge on any atom is 0.123 e. The largest absolute Gasteiger partial charge is 0.368 e. The van der Waals surface area contributed by atoms with Gasteiger partial charge in [0.05, 0.1) is 12.3 Å². The summed E-state index contributed by atoms with van der Waals surface area (Å²) in [5, 5.41) is 4.71. The average molecular weight is 295 g/mol. The van der Waals surface area contributed by atoms with Crippen molar-refractivity contribution in [3.63, 3.8) is 0 Å². The second-order valence-corrected chi connectivity index (χ2v) is 7.05. The van der Waals surface area contributed by atoms with E-state index in [4.69, 9.17) is 9.72 Å². The summed E-state index contributed by atoms with van der Waals surface area (Å²) in [4.78, 5) is 8.71. The molecular weight excluding hydrogens is 270 g/mol. The van der Waals surface area contributed by atoms with Crippen LogP contribution in [0.4, 0.5) is 0 Å². The van der Waals surface area contributed by atoms with E-state index in [1.165, 1.54) is 34.8 Å². The predicted molar refractivity (Wildman–Crippen MR) is 82.3 cm³/mol. The van der Waals surface area contributed by atoms with E-state index in [9.17, 15) is 0 Å². The number of nitrogens with zero attached hydrogens (tertiary/aromatic N) is 2. The molecule has 0 aromatic carbocycles. The third-order valence-electron chi connectivity index (χ3n) is 3.97. The fraction of sp³-hybridized carbons (Fsp3) is 0.800. The Bertz CT molecular complexity index is 444. The van der Waals surface area contributed by atoms with Gasteiger partial charge >= 0.3 is 0 Å². The highest BCUT2D eigenvalue weighted by molar-refractivity contribution is 7.11. The third-order valence-corrected chi connectivity index (χ3v) is 5.13. The van der Waals surface area contributed by atoms with Crippen LogP contribution in [0, 0.1) is 0 Å². The topological polar surface area (TPSA) is 37.4 Å². The number of likely N-dealkylation sites (N-methyl/N-ethyl adjacent to an activating group) is 1. The van der Waals surface area contributed by atoms with Gasteiger partial charge in [-0.1, -0.05) is 6.92 Å². The molecule has 0 bridgehead atoms. The van der Waals surface area contributed by atoms with Crippen molar-refractivity contribution in [3.8, 4) is 0 Å². The molecule has 20 heavy (non-hydrogen) atoms. The standard InChI is InChI=1S/C15H25N3OS/c1-3-6-16-9-13-14(11-4-5-11)17-15(20-13)12-10-18(2)7-8-19-12/h11-12,16H,3-10H2,1-2H3. The van der Waals surface area contributed by atoms with Gasteiger partial charge in [0.25, 0.3) is 0 Å². The van der Waals surface area contributed by atoms with E-state index in [1.54, 1.807) is 0 Å². The van der Waals surface area contributed by atoms with Crippen molar-refractivity contribution in [1.29, 1.82) is 0 Å². The number of aromatic nitrogens is 1. The Balaban J connectivity index is 1.72. The summed E-state index contributed by atoms with van der Waals surface area (Å²) in [5.74, 6) is 0.722. The first-order valence-electron chi connectivity index (χ1n) is 7.78. The van der Waals surface area contributed by atoms with Crippen molar-refractivity contribution in [3.05, 3.63) is 15.6 Å². The third kappa shape index (κ3) is 3.39. The summed E-state index contributed by atoms with van der Waals surface area (Å²) in [6.45, 7) is 7.09. The molecule has 1 atom stereocenters. The van der Waals surface area contributed by atoms with Gasteiger partial charge in [-0.15, -0.1) is 11.3 Å². The minimum Gasteiger partial charge on any atom is -0.368 e. The number of hydrogen-bond acceptors (Lipinski definition) is 5. The van der Waals surface area contributed by atoms with Crippen LogP contribution in [-0.4, -0.2) is 43.2 Å². The molecule has 1 aliphatic carbocycles.